The quantitative estimate of drug-likeness (QED) is 0.672. The second kappa shape index (κ2) is 10.3. The number of hydrogen-bond donors (Lipinski definition) is 2. The first kappa shape index (κ1) is 23.8. The highest BCUT2D eigenvalue weighted by Gasteiger charge is 2.31. The van der Waals surface area contributed by atoms with E-state index in [1.54, 1.807) is 19.0 Å². The first-order valence-corrected chi connectivity index (χ1v) is 12.2. The SMILES string of the molecule is CNC(=O)CCC(CO)N(C)C(=O)c1ccc2c(c1)c1c(n2C)CCC(C2CCOCC2)C1. The molecule has 4 rings (SSSR count). The topological polar surface area (TPSA) is 83.8 Å². The number of fused-ring (bicyclic) bond motifs is 3. The molecule has 2 unspecified atom stereocenters. The lowest BCUT2D eigenvalue weighted by molar-refractivity contribution is -0.121. The Kier molecular flexibility index (Phi) is 7.39. The van der Waals surface area contributed by atoms with E-state index in [0.717, 1.165) is 44.8 Å². The summed E-state index contributed by atoms with van der Waals surface area (Å²) in [6, 6.07) is 5.58. The molecule has 2 heterocycles. The van der Waals surface area contributed by atoms with Crippen molar-refractivity contribution in [3.63, 3.8) is 0 Å². The second-order valence-electron chi connectivity index (χ2n) is 9.63. The third-order valence-electron chi connectivity index (χ3n) is 7.90. The Labute approximate surface area is 196 Å². The van der Waals surface area contributed by atoms with E-state index in [2.05, 4.69) is 23.0 Å². The van der Waals surface area contributed by atoms with Gasteiger partial charge in [0.15, 0.2) is 0 Å². The number of aliphatic hydroxyl groups excluding tert-OH is 1. The van der Waals surface area contributed by atoms with Gasteiger partial charge in [-0.05, 0) is 74.1 Å². The Hall–Kier alpha value is -2.38. The lowest BCUT2D eigenvalue weighted by Crippen LogP contribution is -2.40. The van der Waals surface area contributed by atoms with Crippen LogP contribution in [0.5, 0.6) is 0 Å². The van der Waals surface area contributed by atoms with Gasteiger partial charge in [-0.3, -0.25) is 9.59 Å². The van der Waals surface area contributed by atoms with Gasteiger partial charge in [-0.1, -0.05) is 0 Å². The lowest BCUT2D eigenvalue weighted by atomic mass is 9.75. The van der Waals surface area contributed by atoms with Crippen LogP contribution in [0, 0.1) is 11.8 Å². The highest BCUT2D eigenvalue weighted by Crippen LogP contribution is 2.39. The van der Waals surface area contributed by atoms with Crippen LogP contribution in [0.3, 0.4) is 0 Å². The van der Waals surface area contributed by atoms with Crippen LogP contribution in [0.15, 0.2) is 18.2 Å². The molecule has 1 fully saturated rings. The zero-order chi connectivity index (χ0) is 23.5. The summed E-state index contributed by atoms with van der Waals surface area (Å²) in [5.41, 5.74) is 4.59. The monoisotopic (exact) mass is 455 g/mol. The Bertz CT molecular complexity index is 1010. The van der Waals surface area contributed by atoms with Gasteiger partial charge < -0.3 is 24.6 Å². The number of rotatable bonds is 7. The minimum absolute atomic E-state index is 0.0919. The van der Waals surface area contributed by atoms with Crippen molar-refractivity contribution in [3.05, 3.63) is 35.0 Å². The van der Waals surface area contributed by atoms with Gasteiger partial charge >= 0.3 is 0 Å². The molecule has 1 saturated heterocycles. The third-order valence-corrected chi connectivity index (χ3v) is 7.90. The molecule has 0 spiro atoms. The number of ether oxygens (including phenoxy) is 1. The molecule has 0 radical (unpaired) electrons. The van der Waals surface area contributed by atoms with Crippen molar-refractivity contribution in [2.75, 3.05) is 33.9 Å². The van der Waals surface area contributed by atoms with E-state index in [9.17, 15) is 14.7 Å². The standard InChI is InChI=1S/C26H37N3O4/c1-27-25(31)9-6-20(16-30)28(2)26(32)19-5-8-24-22(15-19)21-14-18(4-7-23(21)29(24)3)17-10-12-33-13-11-17/h5,8,15,17-18,20,30H,4,6-7,9-14,16H2,1-3H3,(H,27,31). The summed E-state index contributed by atoms with van der Waals surface area (Å²) < 4.78 is 7.87. The number of amides is 2. The minimum atomic E-state index is -0.395. The lowest BCUT2D eigenvalue weighted by Gasteiger charge is -2.33. The predicted molar refractivity (Wildman–Crippen MR) is 128 cm³/mol. The fourth-order valence-electron chi connectivity index (χ4n) is 5.73. The van der Waals surface area contributed by atoms with Crippen LogP contribution in [0.1, 0.15) is 53.7 Å². The van der Waals surface area contributed by atoms with Gasteiger partial charge in [-0.25, -0.2) is 0 Å². The number of aromatic nitrogens is 1. The zero-order valence-corrected chi connectivity index (χ0v) is 20.1. The predicted octanol–water partition coefficient (Wildman–Crippen LogP) is 2.67. The summed E-state index contributed by atoms with van der Waals surface area (Å²) in [6.07, 6.45) is 6.37. The first-order chi connectivity index (χ1) is 15.9. The fourth-order valence-corrected chi connectivity index (χ4v) is 5.73. The number of carbonyl (C=O) groups excluding carboxylic acids is 2. The Morgan fingerprint density at radius 1 is 1.24 bits per heavy atom. The highest BCUT2D eigenvalue weighted by atomic mass is 16.5. The molecule has 2 atom stereocenters. The Balaban J connectivity index is 1.57. The van der Waals surface area contributed by atoms with Crippen molar-refractivity contribution in [2.45, 2.75) is 51.0 Å². The normalized spacial score (nSPS) is 19.8. The molecule has 33 heavy (non-hydrogen) atoms. The van der Waals surface area contributed by atoms with Gasteiger partial charge in [-0.2, -0.15) is 0 Å². The summed E-state index contributed by atoms with van der Waals surface area (Å²) in [7, 11) is 5.43. The largest absolute Gasteiger partial charge is 0.394 e. The molecule has 0 bridgehead atoms. The maximum absolute atomic E-state index is 13.3. The van der Waals surface area contributed by atoms with E-state index in [-0.39, 0.29) is 24.8 Å². The van der Waals surface area contributed by atoms with Gasteiger partial charge in [0, 0.05) is 62.9 Å². The van der Waals surface area contributed by atoms with Crippen molar-refractivity contribution >= 4 is 22.7 Å². The summed E-state index contributed by atoms with van der Waals surface area (Å²) in [6.45, 7) is 1.58. The van der Waals surface area contributed by atoms with Crippen molar-refractivity contribution in [2.24, 2.45) is 18.9 Å². The van der Waals surface area contributed by atoms with Gasteiger partial charge in [0.05, 0.1) is 12.6 Å². The van der Waals surface area contributed by atoms with Crippen LogP contribution in [0.4, 0.5) is 0 Å². The fraction of sp³-hybridized carbons (Fsp3) is 0.615. The average molecular weight is 456 g/mol. The zero-order valence-electron chi connectivity index (χ0n) is 20.1. The van der Waals surface area contributed by atoms with Crippen LogP contribution in [-0.2, 0) is 29.4 Å². The molecule has 0 saturated carbocycles. The molecule has 2 aliphatic rings. The molecule has 180 valence electrons. The number of benzene rings is 1. The second-order valence-corrected chi connectivity index (χ2v) is 9.63. The molecule has 1 aliphatic carbocycles. The number of nitrogens with zero attached hydrogens (tertiary/aromatic N) is 2. The van der Waals surface area contributed by atoms with E-state index in [4.69, 9.17) is 4.74 Å². The molecule has 1 aliphatic heterocycles. The van der Waals surface area contributed by atoms with Gasteiger partial charge in [0.25, 0.3) is 5.91 Å². The molecule has 7 heteroatoms. The van der Waals surface area contributed by atoms with Gasteiger partial charge in [-0.15, -0.1) is 0 Å². The van der Waals surface area contributed by atoms with Crippen molar-refractivity contribution in [1.29, 1.82) is 0 Å². The van der Waals surface area contributed by atoms with Crippen LogP contribution in [-0.4, -0.2) is 66.3 Å². The van der Waals surface area contributed by atoms with Crippen LogP contribution >= 0.6 is 0 Å². The maximum atomic E-state index is 13.3. The Morgan fingerprint density at radius 3 is 2.70 bits per heavy atom. The third kappa shape index (κ3) is 4.80. The van der Waals surface area contributed by atoms with Gasteiger partial charge in [0.1, 0.15) is 0 Å². The van der Waals surface area contributed by atoms with Crippen LogP contribution in [0.2, 0.25) is 0 Å². The highest BCUT2D eigenvalue weighted by molar-refractivity contribution is 5.99. The number of hydrogen-bond acceptors (Lipinski definition) is 4. The molecule has 1 aromatic carbocycles. The van der Waals surface area contributed by atoms with E-state index < -0.39 is 6.04 Å². The number of likely N-dealkylation sites (N-methyl/N-ethyl adjacent to an activating group) is 1. The summed E-state index contributed by atoms with van der Waals surface area (Å²) >= 11 is 0. The van der Waals surface area contributed by atoms with E-state index in [1.165, 1.54) is 28.6 Å². The van der Waals surface area contributed by atoms with E-state index in [1.807, 2.05) is 12.1 Å². The number of carbonyl (C=O) groups is 2. The van der Waals surface area contributed by atoms with E-state index in [0.29, 0.717) is 17.9 Å². The number of aryl methyl sites for hydroxylation is 1. The number of aliphatic hydroxyl groups is 1. The van der Waals surface area contributed by atoms with Crippen molar-refractivity contribution in [3.8, 4) is 0 Å². The molecule has 7 nitrogen and oxygen atoms in total. The van der Waals surface area contributed by atoms with Crippen molar-refractivity contribution in [1.82, 2.24) is 14.8 Å². The molecular weight excluding hydrogens is 418 g/mol. The number of nitrogens with one attached hydrogen (secondary N) is 1. The first-order valence-electron chi connectivity index (χ1n) is 12.2. The average Bonchev–Trinajstić information content (AvgIpc) is 3.14. The van der Waals surface area contributed by atoms with Crippen LogP contribution in [0.25, 0.3) is 10.9 Å². The molecule has 2 N–H and O–H groups in total. The van der Waals surface area contributed by atoms with Gasteiger partial charge in [0.2, 0.25) is 5.91 Å². The summed E-state index contributed by atoms with van der Waals surface area (Å²) in [5, 5.41) is 13.6. The summed E-state index contributed by atoms with van der Waals surface area (Å²) in [4.78, 5) is 26.5. The minimum Gasteiger partial charge on any atom is -0.394 e. The van der Waals surface area contributed by atoms with E-state index >= 15 is 0 Å². The smallest absolute Gasteiger partial charge is 0.253 e. The maximum Gasteiger partial charge on any atom is 0.253 e. The molecule has 2 aromatic rings. The summed E-state index contributed by atoms with van der Waals surface area (Å²) in [5.74, 6) is 1.19. The molecular formula is C26H37N3O4. The Morgan fingerprint density at radius 2 is 2.00 bits per heavy atom. The van der Waals surface area contributed by atoms with Crippen molar-refractivity contribution < 1.29 is 19.4 Å². The van der Waals surface area contributed by atoms with Crippen LogP contribution < -0.4 is 5.32 Å². The molecule has 1 aromatic heterocycles. The molecule has 2 amide bonds.